The molecule has 4 nitrogen and oxygen atoms in total. The van der Waals surface area contributed by atoms with Gasteiger partial charge >= 0.3 is 0 Å². The van der Waals surface area contributed by atoms with Crippen molar-refractivity contribution in [1.82, 2.24) is 5.32 Å². The molecule has 1 aromatic carbocycles. The maximum atomic E-state index is 11.9. The molecule has 2 rings (SSSR count). The number of rotatable bonds is 5. The molecule has 1 fully saturated rings. The Labute approximate surface area is 114 Å². The van der Waals surface area contributed by atoms with E-state index in [0.717, 1.165) is 24.2 Å². The Bertz CT molecular complexity index is 414. The van der Waals surface area contributed by atoms with Crippen molar-refractivity contribution in [3.63, 3.8) is 0 Å². The fourth-order valence-electron chi connectivity index (χ4n) is 2.45. The minimum atomic E-state index is -0.00426. The molecule has 0 saturated carbocycles. The molecule has 104 valence electrons. The summed E-state index contributed by atoms with van der Waals surface area (Å²) in [6.07, 6.45) is 5.12. The van der Waals surface area contributed by atoms with Gasteiger partial charge in [-0.1, -0.05) is 18.6 Å². The zero-order valence-electron chi connectivity index (χ0n) is 11.2. The molecule has 3 N–H and O–H groups in total. The van der Waals surface area contributed by atoms with Crippen LogP contribution in [0.3, 0.4) is 0 Å². The molecule has 1 aromatic rings. The monoisotopic (exact) mass is 262 g/mol. The SMILES string of the molecule is O=C(CCC1CCCCN1)Nc1cccc(CO)c1. The number of anilines is 1. The molecule has 1 saturated heterocycles. The summed E-state index contributed by atoms with van der Waals surface area (Å²) >= 11 is 0. The molecule has 0 aliphatic carbocycles. The Morgan fingerprint density at radius 3 is 3.05 bits per heavy atom. The van der Waals surface area contributed by atoms with Gasteiger partial charge in [0.2, 0.25) is 5.91 Å². The maximum Gasteiger partial charge on any atom is 0.224 e. The van der Waals surface area contributed by atoms with Crippen LogP contribution in [0.1, 0.15) is 37.7 Å². The van der Waals surface area contributed by atoms with Gasteiger partial charge in [0, 0.05) is 18.2 Å². The highest BCUT2D eigenvalue weighted by molar-refractivity contribution is 5.90. The van der Waals surface area contributed by atoms with Crippen molar-refractivity contribution < 1.29 is 9.90 Å². The molecule has 0 bridgehead atoms. The molecule has 19 heavy (non-hydrogen) atoms. The van der Waals surface area contributed by atoms with Crippen LogP contribution in [0.4, 0.5) is 5.69 Å². The van der Waals surface area contributed by atoms with E-state index in [1.165, 1.54) is 19.3 Å². The zero-order chi connectivity index (χ0) is 13.5. The van der Waals surface area contributed by atoms with E-state index in [9.17, 15) is 4.79 Å². The smallest absolute Gasteiger partial charge is 0.224 e. The summed E-state index contributed by atoms with van der Waals surface area (Å²) in [5.74, 6) is 0.0439. The molecule has 1 aliphatic rings. The molecular formula is C15H22N2O2. The lowest BCUT2D eigenvalue weighted by atomic mass is 10.0. The van der Waals surface area contributed by atoms with Gasteiger partial charge in [-0.15, -0.1) is 0 Å². The van der Waals surface area contributed by atoms with Gasteiger partial charge in [0.05, 0.1) is 6.61 Å². The average molecular weight is 262 g/mol. The summed E-state index contributed by atoms with van der Waals surface area (Å²) in [5.41, 5.74) is 1.57. The highest BCUT2D eigenvalue weighted by atomic mass is 16.3. The molecular weight excluding hydrogens is 240 g/mol. The molecule has 0 aromatic heterocycles. The number of hydrogen-bond acceptors (Lipinski definition) is 3. The average Bonchev–Trinajstić information content (AvgIpc) is 2.46. The maximum absolute atomic E-state index is 11.9. The Hall–Kier alpha value is -1.39. The van der Waals surface area contributed by atoms with E-state index in [2.05, 4.69) is 10.6 Å². The number of benzene rings is 1. The molecule has 0 radical (unpaired) electrons. The highest BCUT2D eigenvalue weighted by Gasteiger charge is 2.14. The third-order valence-electron chi connectivity index (χ3n) is 3.53. The second-order valence-electron chi connectivity index (χ2n) is 5.09. The van der Waals surface area contributed by atoms with Crippen LogP contribution >= 0.6 is 0 Å². The number of aliphatic hydroxyl groups excluding tert-OH is 1. The van der Waals surface area contributed by atoms with E-state index in [1.807, 2.05) is 18.2 Å². The summed E-state index contributed by atoms with van der Waals surface area (Å²) in [6.45, 7) is 1.07. The number of hydrogen-bond donors (Lipinski definition) is 3. The zero-order valence-corrected chi connectivity index (χ0v) is 11.2. The van der Waals surface area contributed by atoms with Crippen molar-refractivity contribution in [1.29, 1.82) is 0 Å². The van der Waals surface area contributed by atoms with E-state index in [0.29, 0.717) is 12.5 Å². The standard InChI is InChI=1S/C15H22N2O2/c18-11-12-4-3-6-14(10-12)17-15(19)8-7-13-5-1-2-9-16-13/h3-4,6,10,13,16,18H,1-2,5,7-9,11H2,(H,17,19). The first-order valence-electron chi connectivity index (χ1n) is 7.01. The second-order valence-corrected chi connectivity index (χ2v) is 5.09. The normalized spacial score (nSPS) is 19.1. The fraction of sp³-hybridized carbons (Fsp3) is 0.533. The molecule has 1 aliphatic heterocycles. The molecule has 1 unspecified atom stereocenters. The first kappa shape index (κ1) is 14.0. The number of nitrogens with one attached hydrogen (secondary N) is 2. The first-order chi connectivity index (χ1) is 9.28. The number of amides is 1. The molecule has 1 amide bonds. The van der Waals surface area contributed by atoms with Crippen LogP contribution in [0, 0.1) is 0 Å². The van der Waals surface area contributed by atoms with Crippen molar-refractivity contribution >= 4 is 11.6 Å². The van der Waals surface area contributed by atoms with Gasteiger partial charge in [0.15, 0.2) is 0 Å². The van der Waals surface area contributed by atoms with Gasteiger partial charge in [-0.2, -0.15) is 0 Å². The Balaban J connectivity index is 1.76. The fourth-order valence-corrected chi connectivity index (χ4v) is 2.45. The van der Waals surface area contributed by atoms with Crippen molar-refractivity contribution in [2.24, 2.45) is 0 Å². The molecule has 1 heterocycles. The lowest BCUT2D eigenvalue weighted by Gasteiger charge is -2.23. The number of piperidine rings is 1. The van der Waals surface area contributed by atoms with Gasteiger partial charge in [-0.05, 0) is 43.5 Å². The number of carbonyl (C=O) groups excluding carboxylic acids is 1. The topological polar surface area (TPSA) is 61.4 Å². The van der Waals surface area contributed by atoms with E-state index in [4.69, 9.17) is 5.11 Å². The summed E-state index contributed by atoms with van der Waals surface area (Å²) < 4.78 is 0. The van der Waals surface area contributed by atoms with Crippen molar-refractivity contribution in [3.8, 4) is 0 Å². The predicted molar refractivity (Wildman–Crippen MR) is 75.9 cm³/mol. The number of aliphatic hydroxyl groups is 1. The largest absolute Gasteiger partial charge is 0.392 e. The Kier molecular flexibility index (Phi) is 5.36. The number of carbonyl (C=O) groups is 1. The molecule has 4 heteroatoms. The van der Waals surface area contributed by atoms with Crippen molar-refractivity contribution in [2.75, 3.05) is 11.9 Å². The van der Waals surface area contributed by atoms with E-state index in [1.54, 1.807) is 6.07 Å². The van der Waals surface area contributed by atoms with Crippen LogP contribution in [0.2, 0.25) is 0 Å². The van der Waals surface area contributed by atoms with Gasteiger partial charge in [0.1, 0.15) is 0 Å². The molecule has 0 spiro atoms. The van der Waals surface area contributed by atoms with E-state index >= 15 is 0 Å². The summed E-state index contributed by atoms with van der Waals surface area (Å²) in [7, 11) is 0. The third-order valence-corrected chi connectivity index (χ3v) is 3.53. The Morgan fingerprint density at radius 2 is 2.32 bits per heavy atom. The van der Waals surface area contributed by atoms with Crippen molar-refractivity contribution in [2.45, 2.75) is 44.8 Å². The second kappa shape index (κ2) is 7.26. The quantitative estimate of drug-likeness (QED) is 0.761. The van der Waals surface area contributed by atoms with Gasteiger partial charge < -0.3 is 15.7 Å². The van der Waals surface area contributed by atoms with E-state index < -0.39 is 0 Å². The van der Waals surface area contributed by atoms with Crippen molar-refractivity contribution in [3.05, 3.63) is 29.8 Å². The van der Waals surface area contributed by atoms with Crippen LogP contribution in [-0.4, -0.2) is 23.6 Å². The van der Waals surface area contributed by atoms with Crippen LogP contribution < -0.4 is 10.6 Å². The third kappa shape index (κ3) is 4.65. The lowest BCUT2D eigenvalue weighted by molar-refractivity contribution is -0.116. The summed E-state index contributed by atoms with van der Waals surface area (Å²) in [5, 5.41) is 15.4. The highest BCUT2D eigenvalue weighted by Crippen LogP contribution is 2.14. The minimum absolute atomic E-state index is 0.00426. The van der Waals surface area contributed by atoms with Crippen LogP contribution in [0.25, 0.3) is 0 Å². The molecule has 1 atom stereocenters. The van der Waals surface area contributed by atoms with Gasteiger partial charge in [0.25, 0.3) is 0 Å². The van der Waals surface area contributed by atoms with Crippen LogP contribution in [-0.2, 0) is 11.4 Å². The van der Waals surface area contributed by atoms with Crippen LogP contribution in [0.15, 0.2) is 24.3 Å². The first-order valence-corrected chi connectivity index (χ1v) is 7.01. The van der Waals surface area contributed by atoms with Gasteiger partial charge in [-0.25, -0.2) is 0 Å². The minimum Gasteiger partial charge on any atom is -0.392 e. The Morgan fingerprint density at radius 1 is 1.42 bits per heavy atom. The predicted octanol–water partition coefficient (Wildman–Crippen LogP) is 2.04. The lowest BCUT2D eigenvalue weighted by Crippen LogP contribution is -2.34. The summed E-state index contributed by atoms with van der Waals surface area (Å²) in [6, 6.07) is 7.81. The summed E-state index contributed by atoms with van der Waals surface area (Å²) in [4.78, 5) is 11.9. The van der Waals surface area contributed by atoms with Gasteiger partial charge in [-0.3, -0.25) is 4.79 Å². The van der Waals surface area contributed by atoms with Crippen LogP contribution in [0.5, 0.6) is 0 Å². The van der Waals surface area contributed by atoms with E-state index in [-0.39, 0.29) is 12.5 Å².